The van der Waals surface area contributed by atoms with Gasteiger partial charge in [0.2, 0.25) is 23.6 Å². The number of carbonyl (C=O) groups excluding carboxylic acids is 4. The number of para-hydroxylation sites is 1. The summed E-state index contributed by atoms with van der Waals surface area (Å²) in [6.45, 7) is 0.174. The zero-order valence-electron chi connectivity index (χ0n) is 24.9. The van der Waals surface area contributed by atoms with E-state index in [9.17, 15) is 19.2 Å². The third kappa shape index (κ3) is 8.15. The van der Waals surface area contributed by atoms with Crippen molar-refractivity contribution >= 4 is 34.5 Å². The van der Waals surface area contributed by atoms with E-state index >= 15 is 0 Å². The van der Waals surface area contributed by atoms with Gasteiger partial charge in [0.05, 0.1) is 13.2 Å². The van der Waals surface area contributed by atoms with Gasteiger partial charge in [-0.3, -0.25) is 19.2 Å². The van der Waals surface area contributed by atoms with Crippen molar-refractivity contribution in [2.75, 3.05) is 13.7 Å². The van der Waals surface area contributed by atoms with Crippen molar-refractivity contribution in [3.05, 3.63) is 89.7 Å². The largest absolute Gasteiger partial charge is 0.497 e. The summed E-state index contributed by atoms with van der Waals surface area (Å²) in [5.74, 6) is -0.803. The van der Waals surface area contributed by atoms with Crippen LogP contribution in [0.1, 0.15) is 43.2 Å². The molecule has 5 N–H and O–H groups in total. The second-order valence-electron chi connectivity index (χ2n) is 11.3. The zero-order chi connectivity index (χ0) is 30.9. The van der Waals surface area contributed by atoms with Crippen LogP contribution in [-0.4, -0.2) is 60.4 Å². The van der Waals surface area contributed by atoms with Gasteiger partial charge in [0.25, 0.3) is 0 Å². The Bertz CT molecular complexity index is 1560. The van der Waals surface area contributed by atoms with Crippen molar-refractivity contribution in [2.45, 2.75) is 63.1 Å². The Morgan fingerprint density at radius 1 is 0.795 bits per heavy atom. The topological polar surface area (TPSA) is 141 Å². The summed E-state index contributed by atoms with van der Waals surface area (Å²) < 4.78 is 5.26. The van der Waals surface area contributed by atoms with Gasteiger partial charge in [-0.15, -0.1) is 0 Å². The third-order valence-corrected chi connectivity index (χ3v) is 8.06. The number of methoxy groups -OCH3 is 1. The average Bonchev–Trinajstić information content (AvgIpc) is 3.45. The van der Waals surface area contributed by atoms with Crippen molar-refractivity contribution in [1.82, 2.24) is 26.3 Å². The number of rotatable bonds is 7. The van der Waals surface area contributed by atoms with E-state index in [2.05, 4.69) is 32.3 Å². The molecule has 10 heteroatoms. The standard InChI is InChI=1S/C34H39N5O5/c1-44-26-13-11-23(12-14-26)17-25-21-36-31(40)15-16-32(41)38-30(19-24-20-35-28-10-6-5-9-27(24)28)34(43)39-29(33(42)37-25)18-22-7-3-2-4-8-22/h2-3,5-7,9-14,20,25,29-30,35H,4,8,15-19,21H2,1H3,(H,36,40)(H,37,42)(H,38,41)(H,39,43)/t25-,29+,30+/m1/s1. The Hall–Kier alpha value is -4.86. The Labute approximate surface area is 256 Å². The summed E-state index contributed by atoms with van der Waals surface area (Å²) >= 11 is 0. The molecule has 5 rings (SSSR count). The van der Waals surface area contributed by atoms with Crippen LogP contribution in [0.25, 0.3) is 10.9 Å². The molecule has 0 spiro atoms. The van der Waals surface area contributed by atoms with E-state index in [1.165, 1.54) is 0 Å². The van der Waals surface area contributed by atoms with Crippen molar-refractivity contribution < 1.29 is 23.9 Å². The fraction of sp³-hybridized carbons (Fsp3) is 0.353. The van der Waals surface area contributed by atoms with Gasteiger partial charge in [-0.05, 0) is 55.0 Å². The second kappa shape index (κ2) is 14.5. The number of aromatic amines is 1. The minimum Gasteiger partial charge on any atom is -0.497 e. The highest BCUT2D eigenvalue weighted by molar-refractivity contribution is 5.94. The van der Waals surface area contributed by atoms with Crippen LogP contribution in [0.15, 0.2) is 78.5 Å². The molecular weight excluding hydrogens is 558 g/mol. The zero-order valence-corrected chi connectivity index (χ0v) is 24.9. The SMILES string of the molecule is COc1ccc(C[C@@H]2CNC(=O)CCC(=O)N[C@@H](Cc3c[nH]c4ccccc34)C(=O)N[C@@H](CC3=CC=CCC3)C(=O)N2)cc1. The molecule has 1 aromatic heterocycles. The summed E-state index contributed by atoms with van der Waals surface area (Å²) in [4.78, 5) is 56.6. The summed E-state index contributed by atoms with van der Waals surface area (Å²) in [5.41, 5.74) is 3.78. The monoisotopic (exact) mass is 597 g/mol. The Kier molecular flexibility index (Phi) is 10.1. The first-order valence-electron chi connectivity index (χ1n) is 15.1. The van der Waals surface area contributed by atoms with Gasteiger partial charge in [0.15, 0.2) is 0 Å². The van der Waals surface area contributed by atoms with Crippen LogP contribution in [0.4, 0.5) is 0 Å². The van der Waals surface area contributed by atoms with Gasteiger partial charge in [0.1, 0.15) is 17.8 Å². The first-order chi connectivity index (χ1) is 21.4. The molecule has 230 valence electrons. The number of hydrogen-bond acceptors (Lipinski definition) is 5. The molecule has 4 amide bonds. The van der Waals surface area contributed by atoms with Crippen LogP contribution < -0.4 is 26.0 Å². The molecule has 1 aliphatic carbocycles. The summed E-state index contributed by atoms with van der Waals surface area (Å²) in [6, 6.07) is 13.0. The van der Waals surface area contributed by atoms with E-state index in [1.54, 1.807) is 7.11 Å². The number of nitrogens with one attached hydrogen (secondary N) is 5. The third-order valence-electron chi connectivity index (χ3n) is 8.06. The van der Waals surface area contributed by atoms with Crippen LogP contribution >= 0.6 is 0 Å². The molecule has 1 fully saturated rings. The lowest BCUT2D eigenvalue weighted by Gasteiger charge is -2.27. The molecule has 1 saturated heterocycles. The molecule has 0 radical (unpaired) electrons. The number of ether oxygens (including phenoxy) is 1. The van der Waals surface area contributed by atoms with Crippen molar-refractivity contribution in [3.63, 3.8) is 0 Å². The molecule has 10 nitrogen and oxygen atoms in total. The van der Waals surface area contributed by atoms with Gasteiger partial charge >= 0.3 is 0 Å². The summed E-state index contributed by atoms with van der Waals surface area (Å²) in [6.07, 6.45) is 10.4. The normalized spacial score (nSPS) is 21.8. The minimum absolute atomic E-state index is 0.0409. The smallest absolute Gasteiger partial charge is 0.243 e. The van der Waals surface area contributed by atoms with Crippen molar-refractivity contribution in [3.8, 4) is 5.75 Å². The highest BCUT2D eigenvalue weighted by Crippen LogP contribution is 2.21. The number of allylic oxidation sites excluding steroid dienone is 3. The van der Waals surface area contributed by atoms with Crippen molar-refractivity contribution in [2.24, 2.45) is 0 Å². The maximum Gasteiger partial charge on any atom is 0.243 e. The van der Waals surface area contributed by atoms with E-state index in [0.717, 1.165) is 46.2 Å². The molecule has 2 heterocycles. The summed E-state index contributed by atoms with van der Waals surface area (Å²) in [7, 11) is 1.60. The maximum atomic E-state index is 13.9. The van der Waals surface area contributed by atoms with Crippen LogP contribution in [0, 0.1) is 0 Å². The Morgan fingerprint density at radius 3 is 2.32 bits per heavy atom. The average molecular weight is 598 g/mol. The van der Waals surface area contributed by atoms with Gasteiger partial charge in [-0.2, -0.15) is 0 Å². The maximum absolute atomic E-state index is 13.9. The van der Waals surface area contributed by atoms with Gasteiger partial charge < -0.3 is 31.0 Å². The summed E-state index contributed by atoms with van der Waals surface area (Å²) in [5, 5.41) is 12.7. The van der Waals surface area contributed by atoms with Crippen LogP contribution in [0.2, 0.25) is 0 Å². The second-order valence-corrected chi connectivity index (χ2v) is 11.3. The van der Waals surface area contributed by atoms with Crippen LogP contribution in [0.3, 0.4) is 0 Å². The highest BCUT2D eigenvalue weighted by Gasteiger charge is 2.30. The van der Waals surface area contributed by atoms with E-state index in [4.69, 9.17) is 4.74 Å². The lowest BCUT2D eigenvalue weighted by molar-refractivity contribution is -0.133. The highest BCUT2D eigenvalue weighted by atomic mass is 16.5. The van der Waals surface area contributed by atoms with Crippen molar-refractivity contribution in [1.29, 1.82) is 0 Å². The van der Waals surface area contributed by atoms with Gasteiger partial charge in [-0.25, -0.2) is 0 Å². The van der Waals surface area contributed by atoms with E-state index in [1.807, 2.05) is 66.9 Å². The lowest BCUT2D eigenvalue weighted by atomic mass is 9.96. The van der Waals surface area contributed by atoms with Gasteiger partial charge in [-0.1, -0.05) is 54.1 Å². The predicted octanol–water partition coefficient (Wildman–Crippen LogP) is 2.99. The molecular formula is C34H39N5O5. The van der Waals surface area contributed by atoms with Crippen LogP contribution in [-0.2, 0) is 32.0 Å². The van der Waals surface area contributed by atoms with E-state index in [0.29, 0.717) is 12.8 Å². The van der Waals surface area contributed by atoms with Crippen LogP contribution in [0.5, 0.6) is 5.75 Å². The Morgan fingerprint density at radius 2 is 1.55 bits per heavy atom. The molecule has 0 unspecified atom stereocenters. The number of fused-ring (bicyclic) bond motifs is 1. The van der Waals surface area contributed by atoms with Gasteiger partial charge in [0, 0.05) is 42.9 Å². The molecule has 1 aliphatic heterocycles. The number of benzene rings is 2. The first kappa shape index (κ1) is 30.6. The number of aromatic nitrogens is 1. The Balaban J connectivity index is 1.41. The number of hydrogen-bond donors (Lipinski definition) is 5. The predicted molar refractivity (Wildman–Crippen MR) is 168 cm³/mol. The number of H-pyrrole nitrogens is 1. The molecule has 0 bridgehead atoms. The fourth-order valence-electron chi connectivity index (χ4n) is 5.64. The van der Waals surface area contributed by atoms with E-state index < -0.39 is 29.9 Å². The number of carbonyl (C=O) groups is 4. The number of amides is 4. The molecule has 2 aliphatic rings. The molecule has 3 atom stereocenters. The molecule has 2 aromatic carbocycles. The fourth-order valence-corrected chi connectivity index (χ4v) is 5.64. The van der Waals surface area contributed by atoms with E-state index in [-0.39, 0.29) is 37.6 Å². The molecule has 0 saturated carbocycles. The quantitative estimate of drug-likeness (QED) is 0.285. The molecule has 44 heavy (non-hydrogen) atoms. The minimum atomic E-state index is -0.946. The molecule has 3 aromatic rings. The first-order valence-corrected chi connectivity index (χ1v) is 15.1. The lowest BCUT2D eigenvalue weighted by Crippen LogP contribution is -2.57.